The summed E-state index contributed by atoms with van der Waals surface area (Å²) in [6, 6.07) is 0. The Kier molecular flexibility index (Phi) is 39.7. The number of carbonyl (C=O) groups is 2. The van der Waals surface area contributed by atoms with Crippen LogP contribution in [0.2, 0.25) is 0 Å². The van der Waals surface area contributed by atoms with Crippen LogP contribution < -0.4 is 11.5 Å². The monoisotopic (exact) mass is 665 g/mol. The molecule has 0 aromatic carbocycles. The van der Waals surface area contributed by atoms with Gasteiger partial charge in [0.1, 0.15) is 0 Å². The van der Waals surface area contributed by atoms with Gasteiger partial charge in [-0.2, -0.15) is 0 Å². The summed E-state index contributed by atoms with van der Waals surface area (Å²) >= 11 is 0. The van der Waals surface area contributed by atoms with Crippen LogP contribution in [0, 0.1) is 0 Å². The SMILES string of the molecule is CCCCCCCC/C=C\CCCCCCCCCCC(N)(CC)C(N)=O.CCCCCCCCCCCCCCCCCC(=O)O. The fourth-order valence-corrected chi connectivity index (χ4v) is 6.16. The van der Waals surface area contributed by atoms with Gasteiger partial charge in [0.25, 0.3) is 0 Å². The van der Waals surface area contributed by atoms with Gasteiger partial charge in [-0.05, 0) is 44.9 Å². The zero-order chi connectivity index (χ0) is 35.1. The Morgan fingerprint density at radius 3 is 1.09 bits per heavy atom. The molecule has 0 radical (unpaired) electrons. The van der Waals surface area contributed by atoms with Crippen LogP contribution in [0.5, 0.6) is 0 Å². The van der Waals surface area contributed by atoms with E-state index in [9.17, 15) is 9.59 Å². The van der Waals surface area contributed by atoms with Crippen LogP contribution in [-0.4, -0.2) is 22.5 Å². The topological polar surface area (TPSA) is 106 Å². The van der Waals surface area contributed by atoms with E-state index in [0.29, 0.717) is 12.8 Å². The van der Waals surface area contributed by atoms with Gasteiger partial charge in [-0.3, -0.25) is 9.59 Å². The summed E-state index contributed by atoms with van der Waals surface area (Å²) in [6.45, 7) is 6.48. The predicted molar refractivity (Wildman–Crippen MR) is 207 cm³/mol. The van der Waals surface area contributed by atoms with Crippen molar-refractivity contribution in [3.63, 3.8) is 0 Å². The number of amides is 1. The molecule has 0 saturated carbocycles. The maximum absolute atomic E-state index is 11.4. The van der Waals surface area contributed by atoms with Gasteiger partial charge in [0.2, 0.25) is 5.91 Å². The van der Waals surface area contributed by atoms with Crippen LogP contribution in [-0.2, 0) is 9.59 Å². The Morgan fingerprint density at radius 1 is 0.489 bits per heavy atom. The van der Waals surface area contributed by atoms with Gasteiger partial charge in [-0.1, -0.05) is 200 Å². The number of carboxylic acids is 1. The third-order valence-corrected chi connectivity index (χ3v) is 9.75. The van der Waals surface area contributed by atoms with E-state index in [2.05, 4.69) is 26.0 Å². The van der Waals surface area contributed by atoms with E-state index < -0.39 is 11.5 Å². The molecule has 0 heterocycles. The number of nitrogens with two attached hydrogens (primary N) is 2. The van der Waals surface area contributed by atoms with E-state index in [1.54, 1.807) is 0 Å². The minimum Gasteiger partial charge on any atom is -0.481 e. The summed E-state index contributed by atoms with van der Waals surface area (Å²) < 4.78 is 0. The fourth-order valence-electron chi connectivity index (χ4n) is 6.16. The molecule has 0 aromatic heterocycles. The van der Waals surface area contributed by atoms with Crippen LogP contribution in [0.15, 0.2) is 12.2 Å². The van der Waals surface area contributed by atoms with Crippen molar-refractivity contribution in [3.8, 4) is 0 Å². The third-order valence-electron chi connectivity index (χ3n) is 9.75. The average Bonchev–Trinajstić information content (AvgIpc) is 3.06. The molecule has 0 aromatic rings. The number of hydrogen-bond donors (Lipinski definition) is 3. The zero-order valence-electron chi connectivity index (χ0n) is 32.1. The highest BCUT2D eigenvalue weighted by atomic mass is 16.4. The van der Waals surface area contributed by atoms with Gasteiger partial charge in [-0.15, -0.1) is 0 Å². The molecule has 5 nitrogen and oxygen atoms in total. The number of carbonyl (C=O) groups excluding carboxylic acids is 1. The Balaban J connectivity index is 0. The van der Waals surface area contributed by atoms with Crippen LogP contribution >= 0.6 is 0 Å². The number of primary amides is 1. The molecule has 0 bridgehead atoms. The summed E-state index contributed by atoms with van der Waals surface area (Å²) in [4.78, 5) is 21.7. The maximum Gasteiger partial charge on any atom is 0.303 e. The zero-order valence-corrected chi connectivity index (χ0v) is 32.1. The molecule has 0 aliphatic heterocycles. The molecule has 0 spiro atoms. The Labute approximate surface area is 294 Å². The van der Waals surface area contributed by atoms with E-state index in [-0.39, 0.29) is 5.91 Å². The second-order valence-electron chi connectivity index (χ2n) is 14.4. The smallest absolute Gasteiger partial charge is 0.303 e. The van der Waals surface area contributed by atoms with Gasteiger partial charge in [0, 0.05) is 6.42 Å². The summed E-state index contributed by atoms with van der Waals surface area (Å²) in [7, 11) is 0. The van der Waals surface area contributed by atoms with Gasteiger partial charge in [0.15, 0.2) is 0 Å². The summed E-state index contributed by atoms with van der Waals surface area (Å²) in [6.07, 6.45) is 47.3. The molecule has 0 aliphatic carbocycles. The first-order chi connectivity index (χ1) is 22.8. The minimum atomic E-state index is -0.789. The molecule has 1 amide bonds. The van der Waals surface area contributed by atoms with Gasteiger partial charge in [-0.25, -0.2) is 0 Å². The van der Waals surface area contributed by atoms with E-state index in [1.165, 1.54) is 173 Å². The predicted octanol–water partition coefficient (Wildman–Crippen LogP) is 13.1. The fraction of sp³-hybridized carbons (Fsp3) is 0.905. The van der Waals surface area contributed by atoms with Crippen molar-refractivity contribution in [2.24, 2.45) is 11.5 Å². The largest absolute Gasteiger partial charge is 0.481 e. The van der Waals surface area contributed by atoms with E-state index >= 15 is 0 Å². The Hall–Kier alpha value is -1.36. The first-order valence-electron chi connectivity index (χ1n) is 20.8. The number of rotatable bonds is 36. The highest BCUT2D eigenvalue weighted by Gasteiger charge is 2.28. The number of unbranched alkanes of at least 4 members (excludes halogenated alkanes) is 28. The van der Waals surface area contributed by atoms with Crippen LogP contribution in [0.1, 0.15) is 239 Å². The molecule has 280 valence electrons. The second kappa shape index (κ2) is 39.1. The molecule has 5 heteroatoms. The molecule has 0 saturated heterocycles. The molecule has 5 N–H and O–H groups in total. The lowest BCUT2D eigenvalue weighted by molar-refractivity contribution is -0.137. The highest BCUT2D eigenvalue weighted by molar-refractivity contribution is 5.84. The minimum absolute atomic E-state index is 0.345. The Morgan fingerprint density at radius 2 is 0.787 bits per heavy atom. The molecule has 1 unspecified atom stereocenters. The van der Waals surface area contributed by atoms with Crippen molar-refractivity contribution in [3.05, 3.63) is 12.2 Å². The summed E-state index contributed by atoms with van der Waals surface area (Å²) in [5, 5.41) is 8.52. The molecule has 0 aliphatic rings. The van der Waals surface area contributed by atoms with Crippen molar-refractivity contribution >= 4 is 11.9 Å². The number of aliphatic carboxylic acids is 1. The normalized spacial score (nSPS) is 12.6. The van der Waals surface area contributed by atoms with Gasteiger partial charge in [0.05, 0.1) is 5.54 Å². The number of carboxylic acid groups (broad SMARTS) is 1. The standard InChI is InChI=1S/C24H48N2O.C18H36O2/c1-3-5-6-7-8-9-10-11-12-13-14-15-16-17-18-19-20-21-22-24(26,4-2)23(25)27;1-2-3-4-5-6-7-8-9-10-11-12-13-14-15-16-17-18(19)20/h11-12H,3-10,13-22,26H2,1-2H3,(H2,25,27);2-17H2,1H3,(H,19,20)/b12-11-;. The molecule has 0 rings (SSSR count). The van der Waals surface area contributed by atoms with Gasteiger partial charge < -0.3 is 16.6 Å². The molecular formula is C42H84N2O3. The van der Waals surface area contributed by atoms with Crippen LogP contribution in [0.4, 0.5) is 0 Å². The first kappa shape index (κ1) is 47.8. The lowest BCUT2D eigenvalue weighted by atomic mass is 9.89. The van der Waals surface area contributed by atoms with Crippen LogP contribution in [0.3, 0.4) is 0 Å². The van der Waals surface area contributed by atoms with Crippen molar-refractivity contribution in [1.82, 2.24) is 0 Å². The molecule has 0 fully saturated rings. The first-order valence-corrected chi connectivity index (χ1v) is 20.8. The van der Waals surface area contributed by atoms with E-state index in [4.69, 9.17) is 16.6 Å². The second-order valence-corrected chi connectivity index (χ2v) is 14.4. The van der Waals surface area contributed by atoms with Crippen molar-refractivity contribution < 1.29 is 14.7 Å². The lowest BCUT2D eigenvalue weighted by Gasteiger charge is -2.23. The maximum atomic E-state index is 11.4. The molecule has 47 heavy (non-hydrogen) atoms. The number of allylic oxidation sites excluding steroid dienone is 2. The van der Waals surface area contributed by atoms with Gasteiger partial charge >= 0.3 is 5.97 Å². The lowest BCUT2D eigenvalue weighted by Crippen LogP contribution is -2.51. The highest BCUT2D eigenvalue weighted by Crippen LogP contribution is 2.18. The van der Waals surface area contributed by atoms with Crippen molar-refractivity contribution in [2.45, 2.75) is 245 Å². The summed E-state index contributed by atoms with van der Waals surface area (Å²) in [5.41, 5.74) is 10.6. The average molecular weight is 665 g/mol. The summed E-state index contributed by atoms with van der Waals surface area (Å²) in [5.74, 6) is -1.01. The van der Waals surface area contributed by atoms with Crippen molar-refractivity contribution in [1.29, 1.82) is 0 Å². The molecule has 1 atom stereocenters. The Bertz CT molecular complexity index is 681. The van der Waals surface area contributed by atoms with Crippen molar-refractivity contribution in [2.75, 3.05) is 0 Å². The van der Waals surface area contributed by atoms with E-state index in [0.717, 1.165) is 32.1 Å². The van der Waals surface area contributed by atoms with Crippen LogP contribution in [0.25, 0.3) is 0 Å². The quantitative estimate of drug-likeness (QED) is 0.0457. The third kappa shape index (κ3) is 39.0. The molecular weight excluding hydrogens is 580 g/mol. The number of hydrogen-bond acceptors (Lipinski definition) is 3. The van der Waals surface area contributed by atoms with E-state index in [1.807, 2.05) is 6.92 Å².